The van der Waals surface area contributed by atoms with Crippen LogP contribution in [-0.4, -0.2) is 34.6 Å². The van der Waals surface area contributed by atoms with Crippen molar-refractivity contribution in [1.29, 1.82) is 0 Å². The van der Waals surface area contributed by atoms with E-state index in [2.05, 4.69) is 15.6 Å². The van der Waals surface area contributed by atoms with Crippen molar-refractivity contribution in [2.45, 2.75) is 6.92 Å². The maximum Gasteiger partial charge on any atom is 0.280 e. The first-order valence-corrected chi connectivity index (χ1v) is 8.02. The summed E-state index contributed by atoms with van der Waals surface area (Å²) in [5, 5.41) is 10.6. The molecule has 0 bridgehead atoms. The smallest absolute Gasteiger partial charge is 0.280 e. The molecular formula is C18H19N5O3. The first-order valence-electron chi connectivity index (χ1n) is 8.02. The molecule has 0 aliphatic carbocycles. The third-order valence-corrected chi connectivity index (χ3v) is 3.66. The molecule has 26 heavy (non-hydrogen) atoms. The van der Waals surface area contributed by atoms with Crippen LogP contribution in [0.5, 0.6) is 11.5 Å². The summed E-state index contributed by atoms with van der Waals surface area (Å²) in [5.74, 6) is 0.973. The number of benzene rings is 2. The van der Waals surface area contributed by atoms with E-state index in [0.717, 1.165) is 5.75 Å². The lowest BCUT2D eigenvalue weighted by atomic mass is 10.2. The van der Waals surface area contributed by atoms with Crippen LogP contribution >= 0.6 is 0 Å². The zero-order chi connectivity index (χ0) is 18.5. The Morgan fingerprint density at radius 3 is 2.62 bits per heavy atom. The van der Waals surface area contributed by atoms with Crippen LogP contribution in [0.15, 0.2) is 48.5 Å². The molecule has 0 aliphatic heterocycles. The topological polar surface area (TPSA) is 104 Å². The summed E-state index contributed by atoms with van der Waals surface area (Å²) in [4.78, 5) is 12.5. The quantitative estimate of drug-likeness (QED) is 0.705. The lowest BCUT2D eigenvalue weighted by Crippen LogP contribution is -2.15. The first kappa shape index (κ1) is 17.3. The number of anilines is 2. The molecule has 8 nitrogen and oxygen atoms in total. The van der Waals surface area contributed by atoms with E-state index in [1.54, 1.807) is 43.5 Å². The monoisotopic (exact) mass is 353 g/mol. The van der Waals surface area contributed by atoms with Gasteiger partial charge in [0.15, 0.2) is 11.5 Å². The van der Waals surface area contributed by atoms with Crippen molar-refractivity contribution in [1.82, 2.24) is 15.0 Å². The highest BCUT2D eigenvalue weighted by molar-refractivity contribution is 6.05. The Kier molecular flexibility index (Phi) is 5.02. The van der Waals surface area contributed by atoms with Gasteiger partial charge in [0.25, 0.3) is 5.91 Å². The van der Waals surface area contributed by atoms with Gasteiger partial charge in [0.2, 0.25) is 0 Å². The number of amides is 1. The van der Waals surface area contributed by atoms with E-state index in [-0.39, 0.29) is 11.5 Å². The lowest BCUT2D eigenvalue weighted by Gasteiger charge is -2.09. The van der Waals surface area contributed by atoms with E-state index >= 15 is 0 Å². The van der Waals surface area contributed by atoms with Crippen LogP contribution in [0.1, 0.15) is 17.4 Å². The normalized spacial score (nSPS) is 10.4. The Hall–Kier alpha value is -3.55. The largest absolute Gasteiger partial charge is 0.494 e. The predicted octanol–water partition coefficient (Wildman–Crippen LogP) is 2.51. The van der Waals surface area contributed by atoms with Gasteiger partial charge < -0.3 is 20.5 Å². The molecule has 0 atom stereocenters. The molecule has 3 N–H and O–H groups in total. The maximum absolute atomic E-state index is 12.5. The SMILES string of the molecule is CCOc1ccc(NC(=O)c2nnn(-c3ccccc3OC)c2N)cc1. The molecule has 3 aromatic rings. The van der Waals surface area contributed by atoms with Crippen LogP contribution in [0.3, 0.4) is 0 Å². The number of ether oxygens (including phenoxy) is 2. The van der Waals surface area contributed by atoms with E-state index in [1.165, 1.54) is 4.68 Å². The van der Waals surface area contributed by atoms with Crippen molar-refractivity contribution in [2.24, 2.45) is 0 Å². The van der Waals surface area contributed by atoms with Crippen molar-refractivity contribution < 1.29 is 14.3 Å². The van der Waals surface area contributed by atoms with Crippen molar-refractivity contribution in [3.05, 3.63) is 54.2 Å². The summed E-state index contributed by atoms with van der Waals surface area (Å²) in [6.07, 6.45) is 0. The van der Waals surface area contributed by atoms with Crippen molar-refractivity contribution >= 4 is 17.4 Å². The number of hydrogen-bond acceptors (Lipinski definition) is 6. The molecule has 2 aromatic carbocycles. The van der Waals surface area contributed by atoms with Gasteiger partial charge >= 0.3 is 0 Å². The molecular weight excluding hydrogens is 334 g/mol. The molecule has 0 radical (unpaired) electrons. The lowest BCUT2D eigenvalue weighted by molar-refractivity contribution is 0.102. The highest BCUT2D eigenvalue weighted by atomic mass is 16.5. The fourth-order valence-corrected chi connectivity index (χ4v) is 2.43. The van der Waals surface area contributed by atoms with Gasteiger partial charge in [0, 0.05) is 5.69 Å². The van der Waals surface area contributed by atoms with Gasteiger partial charge in [-0.25, -0.2) is 0 Å². The Morgan fingerprint density at radius 2 is 1.92 bits per heavy atom. The van der Waals surface area contributed by atoms with E-state index in [0.29, 0.717) is 23.7 Å². The minimum Gasteiger partial charge on any atom is -0.494 e. The number of aromatic nitrogens is 3. The average Bonchev–Trinajstić information content (AvgIpc) is 3.05. The fourth-order valence-electron chi connectivity index (χ4n) is 2.43. The molecule has 0 spiro atoms. The fraction of sp³-hybridized carbons (Fsp3) is 0.167. The molecule has 1 heterocycles. The molecule has 1 amide bonds. The number of nitrogens with two attached hydrogens (primary N) is 1. The van der Waals surface area contributed by atoms with E-state index in [1.807, 2.05) is 19.1 Å². The summed E-state index contributed by atoms with van der Waals surface area (Å²) in [6.45, 7) is 2.48. The van der Waals surface area contributed by atoms with Crippen LogP contribution in [0.25, 0.3) is 5.69 Å². The molecule has 8 heteroatoms. The van der Waals surface area contributed by atoms with Gasteiger partial charge in [-0.1, -0.05) is 17.3 Å². The van der Waals surface area contributed by atoms with Crippen molar-refractivity contribution in [2.75, 3.05) is 24.8 Å². The number of para-hydroxylation sites is 2. The van der Waals surface area contributed by atoms with Crippen LogP contribution in [0.4, 0.5) is 11.5 Å². The van der Waals surface area contributed by atoms with Gasteiger partial charge in [-0.2, -0.15) is 4.68 Å². The van der Waals surface area contributed by atoms with E-state index in [9.17, 15) is 4.79 Å². The third kappa shape index (κ3) is 3.44. The number of carbonyl (C=O) groups is 1. The summed E-state index contributed by atoms with van der Waals surface area (Å²) >= 11 is 0. The number of methoxy groups -OCH3 is 1. The molecule has 1 aromatic heterocycles. The van der Waals surface area contributed by atoms with Gasteiger partial charge in [-0.15, -0.1) is 5.10 Å². The standard InChI is InChI=1S/C18H19N5O3/c1-3-26-13-10-8-12(9-11-13)20-18(24)16-17(19)23(22-21-16)14-6-4-5-7-15(14)25-2/h4-11H,3,19H2,1-2H3,(H,20,24). The van der Waals surface area contributed by atoms with Crippen LogP contribution < -0.4 is 20.5 Å². The van der Waals surface area contributed by atoms with E-state index in [4.69, 9.17) is 15.2 Å². The second-order valence-corrected chi connectivity index (χ2v) is 5.32. The Balaban J connectivity index is 1.82. The Labute approximate surface area is 150 Å². The van der Waals surface area contributed by atoms with Crippen molar-refractivity contribution in [3.8, 4) is 17.2 Å². The van der Waals surface area contributed by atoms with Crippen LogP contribution in [0.2, 0.25) is 0 Å². The molecule has 0 fully saturated rings. The Bertz CT molecular complexity index is 905. The van der Waals surface area contributed by atoms with Crippen molar-refractivity contribution in [3.63, 3.8) is 0 Å². The minimum atomic E-state index is -0.451. The molecule has 134 valence electrons. The van der Waals surface area contributed by atoms with Gasteiger partial charge in [0.05, 0.1) is 13.7 Å². The second kappa shape index (κ2) is 7.56. The zero-order valence-electron chi connectivity index (χ0n) is 14.5. The summed E-state index contributed by atoms with van der Waals surface area (Å²) in [7, 11) is 1.55. The molecule has 0 saturated heterocycles. The highest BCUT2D eigenvalue weighted by Crippen LogP contribution is 2.25. The number of hydrogen-bond donors (Lipinski definition) is 2. The summed E-state index contributed by atoms with van der Waals surface area (Å²) < 4.78 is 12.0. The van der Waals surface area contributed by atoms with Crippen LogP contribution in [-0.2, 0) is 0 Å². The summed E-state index contributed by atoms with van der Waals surface area (Å²) in [6, 6.07) is 14.2. The molecule has 0 aliphatic rings. The highest BCUT2D eigenvalue weighted by Gasteiger charge is 2.20. The number of nitrogens with zero attached hydrogens (tertiary/aromatic N) is 3. The van der Waals surface area contributed by atoms with Gasteiger partial charge in [-0.3, -0.25) is 4.79 Å². The van der Waals surface area contributed by atoms with Gasteiger partial charge in [0.1, 0.15) is 17.2 Å². The Morgan fingerprint density at radius 1 is 1.19 bits per heavy atom. The number of nitrogen functional groups attached to an aromatic ring is 1. The second-order valence-electron chi connectivity index (χ2n) is 5.32. The van der Waals surface area contributed by atoms with Gasteiger partial charge in [-0.05, 0) is 43.3 Å². The minimum absolute atomic E-state index is 0.0322. The van der Waals surface area contributed by atoms with Crippen LogP contribution in [0, 0.1) is 0 Å². The zero-order valence-corrected chi connectivity index (χ0v) is 14.5. The van der Waals surface area contributed by atoms with E-state index < -0.39 is 5.91 Å². The summed E-state index contributed by atoms with van der Waals surface area (Å²) in [5.41, 5.74) is 7.31. The third-order valence-electron chi connectivity index (χ3n) is 3.66. The number of carbonyl (C=O) groups excluding carboxylic acids is 1. The average molecular weight is 353 g/mol. The molecule has 0 saturated carbocycles. The maximum atomic E-state index is 12.5. The predicted molar refractivity (Wildman–Crippen MR) is 97.9 cm³/mol. The molecule has 0 unspecified atom stereocenters. The first-order chi connectivity index (χ1) is 12.6. The molecule has 3 rings (SSSR count). The number of nitrogens with one attached hydrogen (secondary N) is 1. The number of rotatable bonds is 6.